The van der Waals surface area contributed by atoms with Crippen molar-refractivity contribution in [3.8, 4) is 0 Å². The number of hydrogen-bond donors (Lipinski definition) is 2. The lowest BCUT2D eigenvalue weighted by Crippen LogP contribution is -2.42. The lowest BCUT2D eigenvalue weighted by Gasteiger charge is -2.34. The van der Waals surface area contributed by atoms with Crippen LogP contribution >= 0.6 is 0 Å². The van der Waals surface area contributed by atoms with Gasteiger partial charge in [-0.05, 0) is 36.9 Å². The first-order valence-corrected chi connectivity index (χ1v) is 8.88. The molecule has 1 atom stereocenters. The summed E-state index contributed by atoms with van der Waals surface area (Å²) in [5.41, 5.74) is 0.905. The quantitative estimate of drug-likeness (QED) is 0.875. The molecule has 1 aromatic carbocycles. The standard InChI is InChI=1S/C15H24N2O2S/c1-3-20(18,19)14-8-5-4-7-13(14)17-12-15(2)9-6-10-16-11-15/h4-5,7-8,16-17H,3,6,9-12H2,1-2H3. The summed E-state index contributed by atoms with van der Waals surface area (Å²) >= 11 is 0. The molecular weight excluding hydrogens is 272 g/mol. The Bertz CT molecular complexity index is 549. The summed E-state index contributed by atoms with van der Waals surface area (Å²) in [5.74, 6) is 0.129. The number of nitrogens with one attached hydrogen (secondary N) is 2. The molecule has 5 heteroatoms. The van der Waals surface area contributed by atoms with Crippen LogP contribution in [0.1, 0.15) is 26.7 Å². The molecule has 1 fully saturated rings. The van der Waals surface area contributed by atoms with Gasteiger partial charge in [-0.15, -0.1) is 0 Å². The first-order chi connectivity index (χ1) is 9.47. The minimum atomic E-state index is -3.18. The fraction of sp³-hybridized carbons (Fsp3) is 0.600. The van der Waals surface area contributed by atoms with Gasteiger partial charge in [0, 0.05) is 13.1 Å². The van der Waals surface area contributed by atoms with E-state index in [1.807, 2.05) is 12.1 Å². The van der Waals surface area contributed by atoms with E-state index in [0.717, 1.165) is 31.7 Å². The van der Waals surface area contributed by atoms with E-state index >= 15 is 0 Å². The average Bonchev–Trinajstić information content (AvgIpc) is 2.46. The minimum absolute atomic E-state index is 0.129. The Labute approximate surface area is 121 Å². The molecule has 4 nitrogen and oxygen atoms in total. The highest BCUT2D eigenvalue weighted by molar-refractivity contribution is 7.91. The van der Waals surface area contributed by atoms with Gasteiger partial charge in [-0.2, -0.15) is 0 Å². The smallest absolute Gasteiger partial charge is 0.180 e. The highest BCUT2D eigenvalue weighted by Gasteiger charge is 2.27. The van der Waals surface area contributed by atoms with Crippen LogP contribution in [0.2, 0.25) is 0 Å². The molecule has 2 N–H and O–H groups in total. The van der Waals surface area contributed by atoms with Gasteiger partial charge < -0.3 is 10.6 Å². The molecule has 0 amide bonds. The van der Waals surface area contributed by atoms with Crippen LogP contribution < -0.4 is 10.6 Å². The van der Waals surface area contributed by atoms with Crippen molar-refractivity contribution in [2.45, 2.75) is 31.6 Å². The SMILES string of the molecule is CCS(=O)(=O)c1ccccc1NCC1(C)CCCNC1. The van der Waals surface area contributed by atoms with Gasteiger partial charge in [0.25, 0.3) is 0 Å². The fourth-order valence-corrected chi connectivity index (χ4v) is 3.69. The van der Waals surface area contributed by atoms with E-state index in [4.69, 9.17) is 0 Å². The Morgan fingerprint density at radius 3 is 2.75 bits per heavy atom. The number of piperidine rings is 1. The maximum absolute atomic E-state index is 12.1. The molecule has 2 rings (SSSR count). The van der Waals surface area contributed by atoms with Crippen LogP contribution in [-0.4, -0.2) is 33.8 Å². The van der Waals surface area contributed by atoms with Crippen molar-refractivity contribution in [3.05, 3.63) is 24.3 Å². The lowest BCUT2D eigenvalue weighted by atomic mass is 9.83. The van der Waals surface area contributed by atoms with Crippen molar-refractivity contribution in [3.63, 3.8) is 0 Å². The van der Waals surface area contributed by atoms with E-state index in [9.17, 15) is 8.42 Å². The minimum Gasteiger partial charge on any atom is -0.383 e. The zero-order chi connectivity index (χ0) is 14.6. The van der Waals surface area contributed by atoms with Crippen molar-refractivity contribution in [2.24, 2.45) is 5.41 Å². The number of para-hydroxylation sites is 1. The van der Waals surface area contributed by atoms with Crippen molar-refractivity contribution < 1.29 is 8.42 Å². The van der Waals surface area contributed by atoms with Crippen LogP contribution in [0.15, 0.2) is 29.2 Å². The molecule has 0 radical (unpaired) electrons. The van der Waals surface area contributed by atoms with Crippen LogP contribution in [0.25, 0.3) is 0 Å². The van der Waals surface area contributed by atoms with Gasteiger partial charge in [-0.3, -0.25) is 0 Å². The largest absolute Gasteiger partial charge is 0.383 e. The molecule has 1 aliphatic heterocycles. The van der Waals surface area contributed by atoms with Gasteiger partial charge in [-0.1, -0.05) is 26.0 Å². The van der Waals surface area contributed by atoms with Crippen LogP contribution in [0.5, 0.6) is 0 Å². The van der Waals surface area contributed by atoms with Crippen LogP contribution in [0.3, 0.4) is 0 Å². The molecule has 0 spiro atoms. The molecular formula is C15H24N2O2S. The summed E-state index contributed by atoms with van der Waals surface area (Å²) in [4.78, 5) is 0.412. The molecule has 112 valence electrons. The normalized spacial score (nSPS) is 23.5. The van der Waals surface area contributed by atoms with E-state index in [0.29, 0.717) is 4.90 Å². The lowest BCUT2D eigenvalue weighted by molar-refractivity contribution is 0.253. The second-order valence-electron chi connectivity index (χ2n) is 5.84. The van der Waals surface area contributed by atoms with Crippen molar-refractivity contribution in [2.75, 3.05) is 30.7 Å². The first-order valence-electron chi connectivity index (χ1n) is 7.23. The van der Waals surface area contributed by atoms with E-state index in [2.05, 4.69) is 17.6 Å². The molecule has 1 aliphatic rings. The molecule has 1 aromatic rings. The molecule has 1 heterocycles. The number of sulfone groups is 1. The Morgan fingerprint density at radius 2 is 2.10 bits per heavy atom. The number of anilines is 1. The van der Waals surface area contributed by atoms with Crippen LogP contribution in [0, 0.1) is 5.41 Å². The summed E-state index contributed by atoms with van der Waals surface area (Å²) in [5, 5.41) is 6.75. The first kappa shape index (κ1) is 15.3. The highest BCUT2D eigenvalue weighted by Crippen LogP contribution is 2.28. The maximum Gasteiger partial charge on any atom is 0.180 e. The van der Waals surface area contributed by atoms with Gasteiger partial charge in [0.15, 0.2) is 9.84 Å². The molecule has 0 aromatic heterocycles. The zero-order valence-electron chi connectivity index (χ0n) is 12.3. The van der Waals surface area contributed by atoms with E-state index < -0.39 is 9.84 Å². The predicted octanol–water partition coefficient (Wildman–Crippen LogP) is 2.28. The second kappa shape index (κ2) is 6.14. The predicted molar refractivity (Wildman–Crippen MR) is 82.9 cm³/mol. The topological polar surface area (TPSA) is 58.2 Å². The summed E-state index contributed by atoms with van der Waals surface area (Å²) in [6.45, 7) is 6.76. The van der Waals surface area contributed by atoms with Crippen molar-refractivity contribution in [1.29, 1.82) is 0 Å². The van der Waals surface area contributed by atoms with E-state index in [1.54, 1.807) is 19.1 Å². The molecule has 1 unspecified atom stereocenters. The van der Waals surface area contributed by atoms with E-state index in [-0.39, 0.29) is 11.2 Å². The Morgan fingerprint density at radius 1 is 1.35 bits per heavy atom. The Hall–Kier alpha value is -1.07. The highest BCUT2D eigenvalue weighted by atomic mass is 32.2. The number of benzene rings is 1. The maximum atomic E-state index is 12.1. The van der Waals surface area contributed by atoms with Gasteiger partial charge in [-0.25, -0.2) is 8.42 Å². The molecule has 0 aliphatic carbocycles. The fourth-order valence-electron chi connectivity index (χ4n) is 2.62. The molecule has 1 saturated heterocycles. The second-order valence-corrected chi connectivity index (χ2v) is 8.09. The van der Waals surface area contributed by atoms with E-state index in [1.165, 1.54) is 6.42 Å². The summed E-state index contributed by atoms with van der Waals surface area (Å²) in [6.07, 6.45) is 2.34. The molecule has 0 saturated carbocycles. The number of rotatable bonds is 5. The number of hydrogen-bond acceptors (Lipinski definition) is 4. The summed E-state index contributed by atoms with van der Waals surface area (Å²) in [7, 11) is -3.18. The third kappa shape index (κ3) is 3.52. The van der Waals surface area contributed by atoms with Gasteiger partial charge >= 0.3 is 0 Å². The average molecular weight is 296 g/mol. The van der Waals surface area contributed by atoms with Crippen LogP contribution in [0.4, 0.5) is 5.69 Å². The Balaban J connectivity index is 2.14. The van der Waals surface area contributed by atoms with Gasteiger partial charge in [0.05, 0.1) is 16.3 Å². The Kier molecular flexibility index (Phi) is 4.70. The van der Waals surface area contributed by atoms with Crippen molar-refractivity contribution in [1.82, 2.24) is 5.32 Å². The van der Waals surface area contributed by atoms with Crippen molar-refractivity contribution >= 4 is 15.5 Å². The zero-order valence-corrected chi connectivity index (χ0v) is 13.1. The third-order valence-corrected chi connectivity index (χ3v) is 5.78. The summed E-state index contributed by atoms with van der Waals surface area (Å²) < 4.78 is 24.2. The van der Waals surface area contributed by atoms with Gasteiger partial charge in [0.1, 0.15) is 0 Å². The molecule has 0 bridgehead atoms. The van der Waals surface area contributed by atoms with Gasteiger partial charge in [0.2, 0.25) is 0 Å². The monoisotopic (exact) mass is 296 g/mol. The summed E-state index contributed by atoms with van der Waals surface area (Å²) in [6, 6.07) is 7.18. The molecule has 20 heavy (non-hydrogen) atoms. The third-order valence-electron chi connectivity index (χ3n) is 3.99. The van der Waals surface area contributed by atoms with Crippen LogP contribution in [-0.2, 0) is 9.84 Å².